The Hall–Kier alpha value is -5.06. The predicted molar refractivity (Wildman–Crippen MR) is 132 cm³/mol. The lowest BCUT2D eigenvalue weighted by Crippen LogP contribution is -2.13. The molecular formula is C25H20FN7O3. The Kier molecular flexibility index (Phi) is 6.10. The SMILES string of the molecule is COc1cc(OC)cc(C(=O)Nc2cc(Nc3ncccc3-c3ncnc4[nH]cnc34)ccc2F)c1. The van der Waals surface area contributed by atoms with Crippen molar-refractivity contribution in [2.24, 2.45) is 0 Å². The van der Waals surface area contributed by atoms with Gasteiger partial charge in [-0.3, -0.25) is 4.79 Å². The zero-order chi connectivity index (χ0) is 25.1. The molecule has 5 rings (SSSR count). The fourth-order valence-corrected chi connectivity index (χ4v) is 3.63. The monoisotopic (exact) mass is 485 g/mol. The van der Waals surface area contributed by atoms with Crippen molar-refractivity contribution >= 4 is 34.3 Å². The number of fused-ring (bicyclic) bond motifs is 1. The van der Waals surface area contributed by atoms with Gasteiger partial charge >= 0.3 is 0 Å². The van der Waals surface area contributed by atoms with Crippen molar-refractivity contribution in [2.45, 2.75) is 0 Å². The molecule has 0 unspecified atom stereocenters. The summed E-state index contributed by atoms with van der Waals surface area (Å²) in [4.78, 5) is 33.1. The van der Waals surface area contributed by atoms with Crippen molar-refractivity contribution in [1.82, 2.24) is 24.9 Å². The average Bonchev–Trinajstić information content (AvgIpc) is 3.40. The number of hydrogen-bond acceptors (Lipinski definition) is 8. The maximum atomic E-state index is 14.6. The van der Waals surface area contributed by atoms with Crippen molar-refractivity contribution in [3.8, 4) is 22.8 Å². The third kappa shape index (κ3) is 4.49. The highest BCUT2D eigenvalue weighted by molar-refractivity contribution is 6.05. The van der Waals surface area contributed by atoms with E-state index in [9.17, 15) is 9.18 Å². The zero-order valence-electron chi connectivity index (χ0n) is 19.2. The van der Waals surface area contributed by atoms with Gasteiger partial charge in [-0.2, -0.15) is 0 Å². The first-order valence-corrected chi connectivity index (χ1v) is 10.8. The van der Waals surface area contributed by atoms with Crippen molar-refractivity contribution < 1.29 is 18.7 Å². The first-order valence-electron chi connectivity index (χ1n) is 10.8. The number of aromatic amines is 1. The molecule has 1 amide bonds. The van der Waals surface area contributed by atoms with Crippen LogP contribution in [0.25, 0.3) is 22.4 Å². The number of rotatable bonds is 7. The fraction of sp³-hybridized carbons (Fsp3) is 0.0800. The molecule has 2 aromatic carbocycles. The average molecular weight is 485 g/mol. The highest BCUT2D eigenvalue weighted by Gasteiger charge is 2.16. The number of ether oxygens (including phenoxy) is 2. The fourth-order valence-electron chi connectivity index (χ4n) is 3.63. The van der Waals surface area contributed by atoms with E-state index in [1.807, 2.05) is 6.07 Å². The topological polar surface area (TPSA) is 127 Å². The Morgan fingerprint density at radius 3 is 2.56 bits per heavy atom. The molecule has 3 heterocycles. The summed E-state index contributed by atoms with van der Waals surface area (Å²) < 4.78 is 25.0. The summed E-state index contributed by atoms with van der Waals surface area (Å²) in [6.07, 6.45) is 4.60. The molecule has 11 heteroatoms. The van der Waals surface area contributed by atoms with Crippen LogP contribution in [0.1, 0.15) is 10.4 Å². The normalized spacial score (nSPS) is 10.8. The smallest absolute Gasteiger partial charge is 0.256 e. The van der Waals surface area contributed by atoms with Gasteiger partial charge in [0.25, 0.3) is 5.91 Å². The standard InChI is InChI=1S/C25H20FN7O3/c1-35-16-8-14(9-17(11-16)36-2)25(34)33-20-10-15(5-6-19(20)26)32-23-18(4-3-7-27-23)21-22-24(30-12-28-21)31-13-29-22/h3-13H,1-2H3,(H,27,32)(H,33,34)(H,28,29,30,31). The molecule has 5 aromatic rings. The van der Waals surface area contributed by atoms with Gasteiger partial charge < -0.3 is 25.1 Å². The Morgan fingerprint density at radius 2 is 1.78 bits per heavy atom. The maximum Gasteiger partial charge on any atom is 0.256 e. The molecule has 3 N–H and O–H groups in total. The van der Waals surface area contributed by atoms with Crippen LogP contribution in [0.2, 0.25) is 0 Å². The molecule has 0 saturated heterocycles. The van der Waals surface area contributed by atoms with Gasteiger partial charge in [-0.1, -0.05) is 0 Å². The van der Waals surface area contributed by atoms with Crippen molar-refractivity contribution in [2.75, 3.05) is 24.9 Å². The van der Waals surface area contributed by atoms with Crippen LogP contribution in [0.15, 0.2) is 67.4 Å². The molecule has 0 spiro atoms. The van der Waals surface area contributed by atoms with E-state index < -0.39 is 11.7 Å². The molecule has 0 bridgehead atoms. The summed E-state index contributed by atoms with van der Waals surface area (Å²) in [6.45, 7) is 0. The van der Waals surface area contributed by atoms with E-state index in [4.69, 9.17) is 9.47 Å². The molecule has 3 aromatic heterocycles. The van der Waals surface area contributed by atoms with E-state index in [2.05, 4.69) is 35.6 Å². The molecule has 0 fully saturated rings. The number of methoxy groups -OCH3 is 2. The number of imidazole rings is 1. The number of amides is 1. The highest BCUT2D eigenvalue weighted by Crippen LogP contribution is 2.31. The van der Waals surface area contributed by atoms with Gasteiger partial charge in [0, 0.05) is 29.1 Å². The minimum atomic E-state index is -0.598. The summed E-state index contributed by atoms with van der Waals surface area (Å²) in [7, 11) is 2.96. The second-order valence-corrected chi connectivity index (χ2v) is 7.60. The Balaban J connectivity index is 1.44. The van der Waals surface area contributed by atoms with Crippen LogP contribution in [-0.2, 0) is 0 Å². The number of aromatic nitrogens is 5. The second kappa shape index (κ2) is 9.66. The summed E-state index contributed by atoms with van der Waals surface area (Å²) in [6, 6.07) is 12.6. The minimum absolute atomic E-state index is 0.0130. The van der Waals surface area contributed by atoms with Gasteiger partial charge in [0.05, 0.1) is 26.2 Å². The molecule has 36 heavy (non-hydrogen) atoms. The van der Waals surface area contributed by atoms with Crippen LogP contribution < -0.4 is 20.1 Å². The van der Waals surface area contributed by atoms with E-state index in [1.165, 1.54) is 44.8 Å². The van der Waals surface area contributed by atoms with Crippen LogP contribution >= 0.6 is 0 Å². The summed E-state index contributed by atoms with van der Waals surface area (Å²) in [5, 5.41) is 5.78. The van der Waals surface area contributed by atoms with Crippen LogP contribution in [-0.4, -0.2) is 45.0 Å². The molecule has 0 atom stereocenters. The van der Waals surface area contributed by atoms with Gasteiger partial charge in [0.15, 0.2) is 5.65 Å². The number of hydrogen-bond donors (Lipinski definition) is 3. The number of benzene rings is 2. The largest absolute Gasteiger partial charge is 0.497 e. The second-order valence-electron chi connectivity index (χ2n) is 7.60. The number of nitrogens with one attached hydrogen (secondary N) is 3. The van der Waals surface area contributed by atoms with Crippen molar-refractivity contribution in [3.05, 3.63) is 78.8 Å². The molecule has 10 nitrogen and oxygen atoms in total. The Labute approximate surface area is 204 Å². The lowest BCUT2D eigenvalue weighted by Gasteiger charge is -2.13. The molecule has 0 radical (unpaired) electrons. The number of anilines is 3. The van der Waals surface area contributed by atoms with Gasteiger partial charge in [0.2, 0.25) is 0 Å². The van der Waals surface area contributed by atoms with E-state index in [0.29, 0.717) is 45.4 Å². The lowest BCUT2D eigenvalue weighted by molar-refractivity contribution is 0.102. The number of nitrogens with zero attached hydrogens (tertiary/aromatic N) is 4. The first-order chi connectivity index (χ1) is 17.6. The number of carbonyl (C=O) groups is 1. The van der Waals surface area contributed by atoms with Gasteiger partial charge in [0.1, 0.15) is 40.7 Å². The highest BCUT2D eigenvalue weighted by atomic mass is 19.1. The summed E-state index contributed by atoms with van der Waals surface area (Å²) >= 11 is 0. The van der Waals surface area contributed by atoms with Crippen molar-refractivity contribution in [1.29, 1.82) is 0 Å². The molecule has 0 aliphatic rings. The predicted octanol–water partition coefficient (Wildman–Crippen LogP) is 4.57. The van der Waals surface area contributed by atoms with Crippen LogP contribution in [0.3, 0.4) is 0 Å². The van der Waals surface area contributed by atoms with E-state index in [-0.39, 0.29) is 11.3 Å². The van der Waals surface area contributed by atoms with Gasteiger partial charge in [-0.05, 0) is 42.5 Å². The summed E-state index contributed by atoms with van der Waals surface area (Å²) in [5.74, 6) is 0.229. The number of halogens is 1. The van der Waals surface area contributed by atoms with Crippen LogP contribution in [0.5, 0.6) is 11.5 Å². The zero-order valence-corrected chi connectivity index (χ0v) is 19.2. The lowest BCUT2D eigenvalue weighted by atomic mass is 10.1. The first kappa shape index (κ1) is 22.7. The third-order valence-corrected chi connectivity index (χ3v) is 5.37. The number of carbonyl (C=O) groups excluding carboxylic acids is 1. The Morgan fingerprint density at radius 1 is 0.972 bits per heavy atom. The minimum Gasteiger partial charge on any atom is -0.497 e. The maximum absolute atomic E-state index is 14.6. The third-order valence-electron chi connectivity index (χ3n) is 5.37. The molecule has 0 aliphatic heterocycles. The number of H-pyrrole nitrogens is 1. The van der Waals surface area contributed by atoms with E-state index in [0.717, 1.165) is 0 Å². The molecule has 0 aliphatic carbocycles. The molecule has 180 valence electrons. The van der Waals surface area contributed by atoms with E-state index >= 15 is 0 Å². The summed E-state index contributed by atoms with van der Waals surface area (Å²) in [5.41, 5.74) is 3.19. The van der Waals surface area contributed by atoms with E-state index in [1.54, 1.807) is 30.7 Å². The van der Waals surface area contributed by atoms with Gasteiger partial charge in [-0.25, -0.2) is 24.3 Å². The van der Waals surface area contributed by atoms with Crippen LogP contribution in [0.4, 0.5) is 21.6 Å². The van der Waals surface area contributed by atoms with Crippen molar-refractivity contribution in [3.63, 3.8) is 0 Å². The van der Waals surface area contributed by atoms with Crippen LogP contribution in [0, 0.1) is 5.82 Å². The molecular weight excluding hydrogens is 465 g/mol. The van der Waals surface area contributed by atoms with Gasteiger partial charge in [-0.15, -0.1) is 0 Å². The molecule has 0 saturated carbocycles. The quantitative estimate of drug-likeness (QED) is 0.306. The number of pyridine rings is 1. The Bertz CT molecular complexity index is 1550.